The summed E-state index contributed by atoms with van der Waals surface area (Å²) in [6.07, 6.45) is 3.36. The molecule has 2 unspecified atom stereocenters. The van der Waals surface area contributed by atoms with E-state index in [2.05, 4.69) is 10.1 Å². The maximum atomic E-state index is 14.2. The van der Waals surface area contributed by atoms with Gasteiger partial charge in [0.1, 0.15) is 11.6 Å². The predicted molar refractivity (Wildman–Crippen MR) is 96.2 cm³/mol. The third kappa shape index (κ3) is 4.96. The molecule has 2 heterocycles. The van der Waals surface area contributed by atoms with Crippen LogP contribution in [0.1, 0.15) is 36.0 Å². The number of nitrogens with one attached hydrogen (secondary N) is 1. The van der Waals surface area contributed by atoms with E-state index in [1.165, 1.54) is 4.90 Å². The molecule has 0 aromatic heterocycles. The van der Waals surface area contributed by atoms with Crippen molar-refractivity contribution in [3.63, 3.8) is 0 Å². The lowest BCUT2D eigenvalue weighted by Crippen LogP contribution is -2.44. The first kappa shape index (κ1) is 20.5. The fraction of sp³-hybridized carbons (Fsp3) is 0.579. The summed E-state index contributed by atoms with van der Waals surface area (Å²) in [6, 6.07) is 0.921. The molecule has 9 heteroatoms. The second-order valence-electron chi connectivity index (χ2n) is 6.91. The molecule has 7 nitrogen and oxygen atoms in total. The Morgan fingerprint density at radius 3 is 2.21 bits per heavy atom. The van der Waals surface area contributed by atoms with Crippen molar-refractivity contribution >= 4 is 17.7 Å². The van der Waals surface area contributed by atoms with Gasteiger partial charge in [-0.25, -0.2) is 18.4 Å². The second kappa shape index (κ2) is 9.29. The molecule has 3 rings (SSSR count). The van der Waals surface area contributed by atoms with Crippen molar-refractivity contribution in [3.8, 4) is 0 Å². The van der Waals surface area contributed by atoms with E-state index in [0.717, 1.165) is 38.9 Å². The molecule has 0 bridgehead atoms. The van der Waals surface area contributed by atoms with Crippen molar-refractivity contribution in [2.75, 3.05) is 38.7 Å². The van der Waals surface area contributed by atoms with Crippen molar-refractivity contribution < 1.29 is 32.6 Å². The number of hydrogen-bond donors (Lipinski definition) is 1. The molecule has 2 saturated heterocycles. The number of amides is 2. The fourth-order valence-electron chi connectivity index (χ4n) is 3.41. The third-order valence-corrected chi connectivity index (χ3v) is 4.89. The van der Waals surface area contributed by atoms with Crippen molar-refractivity contribution in [3.05, 3.63) is 29.3 Å². The Balaban J connectivity index is 1.75. The van der Waals surface area contributed by atoms with E-state index < -0.39 is 29.2 Å². The van der Waals surface area contributed by atoms with Crippen LogP contribution < -0.4 is 5.32 Å². The largest absolute Gasteiger partial charge is 0.465 e. The van der Waals surface area contributed by atoms with Crippen LogP contribution in [0.4, 0.5) is 19.3 Å². The lowest BCUT2D eigenvalue weighted by atomic mass is 10.1. The summed E-state index contributed by atoms with van der Waals surface area (Å²) in [5, 5.41) is 2.43. The van der Waals surface area contributed by atoms with Gasteiger partial charge >= 0.3 is 12.0 Å². The fourth-order valence-corrected chi connectivity index (χ4v) is 3.41. The van der Waals surface area contributed by atoms with Gasteiger partial charge in [0.2, 0.25) is 0 Å². The monoisotopic (exact) mass is 398 g/mol. The molecule has 0 spiro atoms. The Hall–Kier alpha value is -2.26. The number of rotatable bonds is 6. The number of methoxy groups -OCH3 is 1. The summed E-state index contributed by atoms with van der Waals surface area (Å²) in [6.45, 7) is 1.99. The number of ether oxygens (including phenoxy) is 3. The zero-order valence-electron chi connectivity index (χ0n) is 15.7. The minimum absolute atomic E-state index is 0.0872. The third-order valence-electron chi connectivity index (χ3n) is 4.89. The highest BCUT2D eigenvalue weighted by Crippen LogP contribution is 2.22. The molecular formula is C19H24F2N2O5. The topological polar surface area (TPSA) is 77.1 Å². The molecule has 2 fully saturated rings. The smallest absolute Gasteiger partial charge is 0.340 e. The van der Waals surface area contributed by atoms with Crippen LogP contribution in [0.2, 0.25) is 0 Å². The van der Waals surface area contributed by atoms with Gasteiger partial charge in [0.05, 0.1) is 30.6 Å². The van der Waals surface area contributed by atoms with Crippen LogP contribution in [0.15, 0.2) is 12.1 Å². The number of urea groups is 1. The van der Waals surface area contributed by atoms with Gasteiger partial charge in [-0.2, -0.15) is 0 Å². The zero-order chi connectivity index (χ0) is 20.1. The van der Waals surface area contributed by atoms with Gasteiger partial charge in [0.25, 0.3) is 0 Å². The Kier molecular flexibility index (Phi) is 6.79. The van der Waals surface area contributed by atoms with Crippen molar-refractivity contribution in [1.82, 2.24) is 4.90 Å². The average Bonchev–Trinajstić information content (AvgIpc) is 3.36. The molecule has 2 amide bonds. The van der Waals surface area contributed by atoms with Crippen LogP contribution in [0.5, 0.6) is 0 Å². The van der Waals surface area contributed by atoms with Crippen LogP contribution in [0, 0.1) is 11.6 Å². The molecule has 2 aliphatic heterocycles. The number of esters is 1. The molecule has 0 radical (unpaired) electrons. The molecule has 2 aliphatic rings. The summed E-state index contributed by atoms with van der Waals surface area (Å²) in [5.41, 5.74) is -0.750. The summed E-state index contributed by atoms with van der Waals surface area (Å²) < 4.78 is 43.7. The first-order valence-electron chi connectivity index (χ1n) is 9.34. The summed E-state index contributed by atoms with van der Waals surface area (Å²) in [4.78, 5) is 26.0. The number of carbonyl (C=O) groups is 2. The van der Waals surface area contributed by atoms with E-state index in [-0.39, 0.29) is 17.9 Å². The summed E-state index contributed by atoms with van der Waals surface area (Å²) >= 11 is 0. The van der Waals surface area contributed by atoms with Gasteiger partial charge in [-0.1, -0.05) is 0 Å². The van der Waals surface area contributed by atoms with Crippen LogP contribution in [-0.4, -0.2) is 62.5 Å². The number of carbonyl (C=O) groups excluding carboxylic acids is 2. The predicted octanol–water partition coefficient (Wildman–Crippen LogP) is 2.94. The van der Waals surface area contributed by atoms with E-state index in [9.17, 15) is 18.4 Å². The van der Waals surface area contributed by atoms with Crippen molar-refractivity contribution in [2.45, 2.75) is 37.9 Å². The number of benzene rings is 1. The molecule has 1 aromatic rings. The SMILES string of the molecule is COC(=O)c1cc(NC(=O)N(CC2CCCO2)CC2CCCO2)c(F)cc1F. The van der Waals surface area contributed by atoms with Gasteiger partial charge in [0, 0.05) is 32.4 Å². The van der Waals surface area contributed by atoms with Gasteiger partial charge in [-0.15, -0.1) is 0 Å². The van der Waals surface area contributed by atoms with E-state index in [1.807, 2.05) is 0 Å². The molecule has 1 aromatic carbocycles. The van der Waals surface area contributed by atoms with Gasteiger partial charge in [-0.05, 0) is 31.7 Å². The maximum Gasteiger partial charge on any atom is 0.340 e. The average molecular weight is 398 g/mol. The lowest BCUT2D eigenvalue weighted by Gasteiger charge is -2.28. The quantitative estimate of drug-likeness (QED) is 0.746. The normalized spacial score (nSPS) is 21.5. The van der Waals surface area contributed by atoms with Gasteiger partial charge in [-0.3, -0.25) is 0 Å². The molecule has 1 N–H and O–H groups in total. The maximum absolute atomic E-state index is 14.2. The van der Waals surface area contributed by atoms with Crippen LogP contribution in [0.3, 0.4) is 0 Å². The Morgan fingerprint density at radius 2 is 1.71 bits per heavy atom. The van der Waals surface area contributed by atoms with Crippen LogP contribution >= 0.6 is 0 Å². The van der Waals surface area contributed by atoms with Crippen LogP contribution in [-0.2, 0) is 14.2 Å². The highest BCUT2D eigenvalue weighted by Gasteiger charge is 2.28. The minimum atomic E-state index is -1.06. The highest BCUT2D eigenvalue weighted by atomic mass is 19.1. The van der Waals surface area contributed by atoms with E-state index >= 15 is 0 Å². The highest BCUT2D eigenvalue weighted by molar-refractivity contribution is 5.94. The molecule has 0 aliphatic carbocycles. The molecule has 28 heavy (non-hydrogen) atoms. The minimum Gasteiger partial charge on any atom is -0.465 e. The molecule has 154 valence electrons. The van der Waals surface area contributed by atoms with E-state index in [1.54, 1.807) is 0 Å². The van der Waals surface area contributed by atoms with Gasteiger partial charge < -0.3 is 24.4 Å². The Morgan fingerprint density at radius 1 is 1.11 bits per heavy atom. The van der Waals surface area contributed by atoms with E-state index in [0.29, 0.717) is 32.4 Å². The van der Waals surface area contributed by atoms with Crippen LogP contribution in [0.25, 0.3) is 0 Å². The summed E-state index contributed by atoms with van der Waals surface area (Å²) in [5.74, 6) is -2.99. The van der Waals surface area contributed by atoms with Crippen molar-refractivity contribution in [2.24, 2.45) is 0 Å². The standard InChI is InChI=1S/C19H24F2N2O5/c1-26-18(24)14-8-17(16(21)9-15(14)20)22-19(25)23(10-12-4-2-6-27-12)11-13-5-3-7-28-13/h8-9,12-13H,2-7,10-11H2,1H3,(H,22,25). The Bertz CT molecular complexity index is 701. The zero-order valence-corrected chi connectivity index (χ0v) is 15.7. The number of anilines is 1. The van der Waals surface area contributed by atoms with E-state index in [4.69, 9.17) is 9.47 Å². The summed E-state index contributed by atoms with van der Waals surface area (Å²) in [7, 11) is 1.09. The second-order valence-corrected chi connectivity index (χ2v) is 6.91. The number of hydrogen-bond acceptors (Lipinski definition) is 5. The Labute approximate surface area is 161 Å². The lowest BCUT2D eigenvalue weighted by molar-refractivity contribution is 0.0524. The molecule has 2 atom stereocenters. The van der Waals surface area contributed by atoms with Gasteiger partial charge in [0.15, 0.2) is 0 Å². The molecular weight excluding hydrogens is 374 g/mol. The number of halogens is 2. The van der Waals surface area contributed by atoms with Crippen molar-refractivity contribution in [1.29, 1.82) is 0 Å². The molecule has 0 saturated carbocycles. The first-order chi connectivity index (χ1) is 13.5. The first-order valence-corrected chi connectivity index (χ1v) is 9.34. The number of nitrogens with zero attached hydrogens (tertiary/aromatic N) is 1.